The van der Waals surface area contributed by atoms with E-state index in [1.807, 2.05) is 9.58 Å². The Labute approximate surface area is 142 Å². The maximum atomic E-state index is 12.4. The lowest BCUT2D eigenvalue weighted by atomic mass is 10.0. The molecule has 1 amide bonds. The molecule has 5 nitrogen and oxygen atoms in total. The second-order valence-corrected chi connectivity index (χ2v) is 7.50. The van der Waals surface area contributed by atoms with Gasteiger partial charge in [0.25, 0.3) is 0 Å². The van der Waals surface area contributed by atoms with Crippen molar-refractivity contribution in [3.05, 3.63) is 17.5 Å². The molecule has 1 unspecified atom stereocenters. The summed E-state index contributed by atoms with van der Waals surface area (Å²) >= 11 is 5.85. The van der Waals surface area contributed by atoms with Crippen LogP contribution in [0.5, 0.6) is 0 Å². The van der Waals surface area contributed by atoms with Crippen LogP contribution in [0.4, 0.5) is 0 Å². The highest BCUT2D eigenvalue weighted by Gasteiger charge is 2.37. The number of hydrogen-bond donors (Lipinski definition) is 0. The fraction of sp³-hybridized carbons (Fsp3) is 0.765. The van der Waals surface area contributed by atoms with E-state index < -0.39 is 0 Å². The first-order valence-corrected chi connectivity index (χ1v) is 9.03. The molecule has 1 aliphatic heterocycles. The molecule has 1 saturated carbocycles. The Kier molecular flexibility index (Phi) is 4.70. The van der Waals surface area contributed by atoms with Crippen LogP contribution in [0.25, 0.3) is 0 Å². The highest BCUT2D eigenvalue weighted by atomic mass is 35.5. The van der Waals surface area contributed by atoms with Crippen molar-refractivity contribution in [2.45, 2.75) is 70.7 Å². The van der Waals surface area contributed by atoms with Gasteiger partial charge in [0.2, 0.25) is 5.91 Å². The molecule has 0 aromatic carbocycles. The summed E-state index contributed by atoms with van der Waals surface area (Å²) in [7, 11) is 0. The van der Waals surface area contributed by atoms with Gasteiger partial charge in [0.1, 0.15) is 5.88 Å². The quantitative estimate of drug-likeness (QED) is 0.749. The van der Waals surface area contributed by atoms with Crippen molar-refractivity contribution in [1.82, 2.24) is 14.7 Å². The van der Waals surface area contributed by atoms with E-state index in [2.05, 4.69) is 26.8 Å². The minimum atomic E-state index is -0.181. The van der Waals surface area contributed by atoms with Crippen LogP contribution in [0.2, 0.25) is 0 Å². The molecule has 1 aromatic heterocycles. The summed E-state index contributed by atoms with van der Waals surface area (Å²) in [6, 6.07) is 2.25. The lowest BCUT2D eigenvalue weighted by Crippen LogP contribution is -2.42. The zero-order valence-corrected chi connectivity index (χ0v) is 15.0. The number of carbonyl (C=O) groups is 1. The van der Waals surface area contributed by atoms with Gasteiger partial charge in [0.05, 0.1) is 36.2 Å². The Morgan fingerprint density at radius 3 is 2.78 bits per heavy atom. The molecule has 1 atom stereocenters. The van der Waals surface area contributed by atoms with E-state index in [4.69, 9.17) is 21.4 Å². The first kappa shape index (κ1) is 16.8. The van der Waals surface area contributed by atoms with Crippen LogP contribution in [0.1, 0.15) is 57.3 Å². The number of rotatable bonds is 6. The second kappa shape index (κ2) is 6.44. The van der Waals surface area contributed by atoms with E-state index in [0.29, 0.717) is 19.1 Å². The first-order chi connectivity index (χ1) is 10.9. The zero-order chi connectivity index (χ0) is 16.6. The Hall–Kier alpha value is -1.07. The van der Waals surface area contributed by atoms with Crippen molar-refractivity contribution in [2.75, 3.05) is 12.5 Å². The molecule has 2 heterocycles. The third kappa shape index (κ3) is 3.72. The monoisotopic (exact) mass is 339 g/mol. The SMILES string of the molecule is CCn1nc(C2CC2)cc1CN(C(=O)CCl)C1COC(C)(C)C1. The van der Waals surface area contributed by atoms with E-state index in [1.54, 1.807) is 0 Å². The third-order valence-electron chi connectivity index (χ3n) is 4.78. The highest BCUT2D eigenvalue weighted by molar-refractivity contribution is 6.27. The van der Waals surface area contributed by atoms with Crippen molar-refractivity contribution in [2.24, 2.45) is 0 Å². The molecule has 0 N–H and O–H groups in total. The molecule has 128 valence electrons. The van der Waals surface area contributed by atoms with Gasteiger partial charge in [0, 0.05) is 12.5 Å². The molecule has 0 radical (unpaired) electrons. The molecular formula is C17H26ClN3O2. The van der Waals surface area contributed by atoms with Gasteiger partial charge >= 0.3 is 0 Å². The Morgan fingerprint density at radius 2 is 2.26 bits per heavy atom. The number of carbonyl (C=O) groups excluding carboxylic acids is 1. The summed E-state index contributed by atoms with van der Waals surface area (Å²) in [5.41, 5.74) is 2.08. The van der Waals surface area contributed by atoms with Gasteiger partial charge in [-0.1, -0.05) is 0 Å². The van der Waals surface area contributed by atoms with Gasteiger partial charge in [-0.25, -0.2) is 0 Å². The minimum absolute atomic E-state index is 0.00662. The smallest absolute Gasteiger partial charge is 0.238 e. The number of hydrogen-bond acceptors (Lipinski definition) is 3. The molecule has 1 aromatic rings. The van der Waals surface area contributed by atoms with Gasteiger partial charge in [-0.2, -0.15) is 5.10 Å². The first-order valence-electron chi connectivity index (χ1n) is 8.49. The standard InChI is InChI=1S/C17H26ClN3O2/c1-4-21-13(7-15(19-21)12-5-6-12)10-20(16(22)9-18)14-8-17(2,3)23-11-14/h7,12,14H,4-6,8-11H2,1-3H3. The summed E-state index contributed by atoms with van der Waals surface area (Å²) in [4.78, 5) is 14.3. The number of aryl methyl sites for hydroxylation is 1. The Balaban J connectivity index is 1.79. The van der Waals surface area contributed by atoms with Crippen molar-refractivity contribution in [3.8, 4) is 0 Å². The fourth-order valence-corrected chi connectivity index (χ4v) is 3.49. The van der Waals surface area contributed by atoms with Gasteiger partial charge in [0.15, 0.2) is 0 Å². The normalized spacial score (nSPS) is 23.2. The van der Waals surface area contributed by atoms with Crippen molar-refractivity contribution in [1.29, 1.82) is 0 Å². The van der Waals surface area contributed by atoms with Crippen molar-refractivity contribution in [3.63, 3.8) is 0 Å². The lowest BCUT2D eigenvalue weighted by Gasteiger charge is -2.28. The van der Waals surface area contributed by atoms with Crippen LogP contribution in [0.3, 0.4) is 0 Å². The average molecular weight is 340 g/mol. The topological polar surface area (TPSA) is 47.4 Å². The molecule has 3 rings (SSSR count). The summed E-state index contributed by atoms with van der Waals surface area (Å²) in [6.07, 6.45) is 3.30. The molecule has 2 aliphatic rings. The predicted octanol–water partition coefficient (Wildman–Crippen LogP) is 2.92. The second-order valence-electron chi connectivity index (χ2n) is 7.23. The van der Waals surface area contributed by atoms with Crippen LogP contribution in [-0.4, -0.2) is 44.7 Å². The van der Waals surface area contributed by atoms with Gasteiger partial charge < -0.3 is 9.64 Å². The molecule has 0 spiro atoms. The molecule has 23 heavy (non-hydrogen) atoms. The average Bonchev–Trinajstić information content (AvgIpc) is 3.20. The number of nitrogens with zero attached hydrogens (tertiary/aromatic N) is 3. The van der Waals surface area contributed by atoms with Crippen LogP contribution in [0.15, 0.2) is 6.07 Å². The van der Waals surface area contributed by atoms with Crippen LogP contribution in [0, 0.1) is 0 Å². The lowest BCUT2D eigenvalue weighted by molar-refractivity contribution is -0.131. The van der Waals surface area contributed by atoms with Crippen LogP contribution < -0.4 is 0 Å². The molecule has 1 saturated heterocycles. The minimum Gasteiger partial charge on any atom is -0.373 e. The van der Waals surface area contributed by atoms with Crippen LogP contribution in [-0.2, 0) is 22.6 Å². The molecule has 2 fully saturated rings. The Morgan fingerprint density at radius 1 is 1.52 bits per heavy atom. The fourth-order valence-electron chi connectivity index (χ4n) is 3.34. The van der Waals surface area contributed by atoms with Crippen molar-refractivity contribution < 1.29 is 9.53 Å². The number of halogens is 1. The van der Waals surface area contributed by atoms with Gasteiger partial charge in [-0.05, 0) is 46.1 Å². The molecular weight excluding hydrogens is 314 g/mol. The number of alkyl halides is 1. The summed E-state index contributed by atoms with van der Waals surface area (Å²) < 4.78 is 7.83. The van der Waals surface area contributed by atoms with E-state index in [0.717, 1.165) is 18.7 Å². The molecule has 0 bridgehead atoms. The van der Waals surface area contributed by atoms with E-state index in [1.165, 1.54) is 18.5 Å². The maximum absolute atomic E-state index is 12.4. The third-order valence-corrected chi connectivity index (χ3v) is 5.01. The zero-order valence-electron chi connectivity index (χ0n) is 14.2. The highest BCUT2D eigenvalue weighted by Crippen LogP contribution is 2.39. The predicted molar refractivity (Wildman–Crippen MR) is 89.6 cm³/mol. The molecule has 1 aliphatic carbocycles. The number of amides is 1. The number of ether oxygens (including phenoxy) is 1. The summed E-state index contributed by atoms with van der Waals surface area (Å²) in [6.45, 7) is 8.17. The van der Waals surface area contributed by atoms with Gasteiger partial charge in [-0.15, -0.1) is 11.6 Å². The summed E-state index contributed by atoms with van der Waals surface area (Å²) in [5.74, 6) is 0.592. The maximum Gasteiger partial charge on any atom is 0.238 e. The van der Waals surface area contributed by atoms with Gasteiger partial charge in [-0.3, -0.25) is 9.48 Å². The van der Waals surface area contributed by atoms with E-state index in [9.17, 15) is 4.79 Å². The largest absolute Gasteiger partial charge is 0.373 e. The van der Waals surface area contributed by atoms with Crippen LogP contribution >= 0.6 is 11.6 Å². The Bertz CT molecular complexity index is 580. The molecule has 6 heteroatoms. The van der Waals surface area contributed by atoms with Crippen molar-refractivity contribution >= 4 is 17.5 Å². The number of aromatic nitrogens is 2. The van der Waals surface area contributed by atoms with E-state index >= 15 is 0 Å². The van der Waals surface area contributed by atoms with E-state index in [-0.39, 0.29) is 23.4 Å². The summed E-state index contributed by atoms with van der Waals surface area (Å²) in [5, 5.41) is 4.70.